The van der Waals surface area contributed by atoms with E-state index in [9.17, 15) is 9.18 Å². The lowest BCUT2D eigenvalue weighted by Gasteiger charge is -2.17. The highest BCUT2D eigenvalue weighted by molar-refractivity contribution is 5.96. The van der Waals surface area contributed by atoms with E-state index in [1.807, 2.05) is 36.5 Å². The summed E-state index contributed by atoms with van der Waals surface area (Å²) in [5.41, 5.74) is 2.52. The minimum absolute atomic E-state index is 0.0893. The number of halogens is 1. The summed E-state index contributed by atoms with van der Waals surface area (Å²) in [5, 5.41) is 0. The van der Waals surface area contributed by atoms with Crippen molar-refractivity contribution >= 4 is 11.6 Å². The second kappa shape index (κ2) is 7.00. The summed E-state index contributed by atoms with van der Waals surface area (Å²) in [5.74, 6) is 0.595. The van der Waals surface area contributed by atoms with Gasteiger partial charge in [-0.3, -0.25) is 4.79 Å². The second-order valence-corrected chi connectivity index (χ2v) is 6.31. The Morgan fingerprint density at radius 2 is 2.08 bits per heavy atom. The van der Waals surface area contributed by atoms with Crippen molar-refractivity contribution in [3.8, 4) is 5.75 Å². The highest BCUT2D eigenvalue weighted by atomic mass is 19.1. The molecule has 5 nitrogen and oxygen atoms in total. The van der Waals surface area contributed by atoms with E-state index in [0.29, 0.717) is 25.3 Å². The van der Waals surface area contributed by atoms with Crippen LogP contribution in [0.15, 0.2) is 61.1 Å². The summed E-state index contributed by atoms with van der Waals surface area (Å²) in [7, 11) is 0. The summed E-state index contributed by atoms with van der Waals surface area (Å²) >= 11 is 0. The quantitative estimate of drug-likeness (QED) is 0.763. The fourth-order valence-corrected chi connectivity index (χ4v) is 3.17. The van der Waals surface area contributed by atoms with Crippen molar-refractivity contribution in [3.05, 3.63) is 78.1 Å². The Kier molecular flexibility index (Phi) is 4.39. The predicted molar refractivity (Wildman–Crippen MR) is 95.5 cm³/mol. The van der Waals surface area contributed by atoms with Crippen LogP contribution < -0.4 is 9.64 Å². The first kappa shape index (κ1) is 16.3. The number of benzene rings is 2. The van der Waals surface area contributed by atoms with Crippen molar-refractivity contribution in [2.24, 2.45) is 0 Å². The van der Waals surface area contributed by atoms with Gasteiger partial charge in [0.25, 0.3) is 0 Å². The Balaban J connectivity index is 1.40. The van der Waals surface area contributed by atoms with Gasteiger partial charge in [0.15, 0.2) is 0 Å². The first-order valence-corrected chi connectivity index (χ1v) is 8.45. The molecule has 1 amide bonds. The predicted octanol–water partition coefficient (Wildman–Crippen LogP) is 3.65. The summed E-state index contributed by atoms with van der Waals surface area (Å²) in [6, 6.07) is 13.7. The van der Waals surface area contributed by atoms with Gasteiger partial charge < -0.3 is 14.6 Å². The molecule has 1 saturated heterocycles. The van der Waals surface area contributed by atoms with Gasteiger partial charge in [0, 0.05) is 30.8 Å². The van der Waals surface area contributed by atoms with Gasteiger partial charge in [-0.15, -0.1) is 0 Å². The maximum Gasteiger partial charge on any atom is 0.227 e. The number of hydrogen-bond acceptors (Lipinski definition) is 3. The molecule has 4 rings (SSSR count). The fourth-order valence-electron chi connectivity index (χ4n) is 3.17. The Morgan fingerprint density at radius 1 is 1.23 bits per heavy atom. The zero-order valence-electron chi connectivity index (χ0n) is 14.1. The van der Waals surface area contributed by atoms with Crippen molar-refractivity contribution in [3.63, 3.8) is 0 Å². The van der Waals surface area contributed by atoms with Crippen molar-refractivity contribution in [2.75, 3.05) is 11.4 Å². The smallest absolute Gasteiger partial charge is 0.227 e. The molecule has 0 aliphatic carbocycles. The van der Waals surface area contributed by atoms with Crippen LogP contribution in [0.1, 0.15) is 23.6 Å². The van der Waals surface area contributed by atoms with E-state index in [1.54, 1.807) is 17.3 Å². The molecule has 0 spiro atoms. The zero-order chi connectivity index (χ0) is 17.9. The molecule has 1 aliphatic rings. The number of hydrogen-bond donors (Lipinski definition) is 1. The number of aromatic amines is 1. The van der Waals surface area contributed by atoms with Crippen LogP contribution in [-0.2, 0) is 11.4 Å². The molecule has 3 aromatic rings. The van der Waals surface area contributed by atoms with E-state index in [-0.39, 0.29) is 17.6 Å². The summed E-state index contributed by atoms with van der Waals surface area (Å²) in [6.07, 6.45) is 3.93. The topological polar surface area (TPSA) is 58.2 Å². The molecule has 1 atom stereocenters. The maximum atomic E-state index is 13.2. The van der Waals surface area contributed by atoms with Gasteiger partial charge in [-0.2, -0.15) is 0 Å². The number of aromatic nitrogens is 2. The lowest BCUT2D eigenvalue weighted by atomic mass is 10.1. The highest BCUT2D eigenvalue weighted by Gasteiger charge is 2.32. The Labute approximate surface area is 150 Å². The third kappa shape index (κ3) is 3.44. The molecular formula is C20H18FN3O2. The largest absolute Gasteiger partial charge is 0.489 e. The molecule has 0 saturated carbocycles. The molecule has 132 valence electrons. The molecule has 2 heterocycles. The van der Waals surface area contributed by atoms with Crippen LogP contribution in [0.25, 0.3) is 0 Å². The molecule has 1 unspecified atom stereocenters. The highest BCUT2D eigenvalue weighted by Crippen LogP contribution is 2.31. The van der Waals surface area contributed by atoms with Crippen molar-refractivity contribution in [1.29, 1.82) is 0 Å². The minimum Gasteiger partial charge on any atom is -0.489 e. The standard InChI is InChI=1S/C20H18FN3O2/c21-16-3-1-2-14(8-16)12-26-18-6-4-17(5-7-18)24-11-15(9-20(24)25)19-10-22-13-23-19/h1-8,10,13,15H,9,11-12H2,(H,22,23). The summed E-state index contributed by atoms with van der Waals surface area (Å²) < 4.78 is 18.9. The molecule has 1 aromatic heterocycles. The lowest BCUT2D eigenvalue weighted by Crippen LogP contribution is -2.24. The molecule has 1 N–H and O–H groups in total. The van der Waals surface area contributed by atoms with Crippen LogP contribution in [0.3, 0.4) is 0 Å². The third-order valence-electron chi connectivity index (χ3n) is 4.51. The fraction of sp³-hybridized carbons (Fsp3) is 0.200. The SMILES string of the molecule is O=C1CC(c2c[nH]cn2)CN1c1ccc(OCc2cccc(F)c2)cc1. The molecule has 6 heteroatoms. The van der Waals surface area contributed by atoms with Crippen LogP contribution in [0.5, 0.6) is 5.75 Å². The van der Waals surface area contributed by atoms with E-state index in [4.69, 9.17) is 4.74 Å². The van der Waals surface area contributed by atoms with Crippen molar-refractivity contribution in [1.82, 2.24) is 9.97 Å². The van der Waals surface area contributed by atoms with Gasteiger partial charge in [-0.05, 0) is 42.0 Å². The van der Waals surface area contributed by atoms with E-state index in [1.165, 1.54) is 12.1 Å². The molecule has 0 bridgehead atoms. The number of imidazole rings is 1. The van der Waals surface area contributed by atoms with E-state index >= 15 is 0 Å². The van der Waals surface area contributed by atoms with Crippen LogP contribution in [-0.4, -0.2) is 22.4 Å². The first-order valence-electron chi connectivity index (χ1n) is 8.45. The summed E-state index contributed by atoms with van der Waals surface area (Å²) in [4.78, 5) is 21.3. The van der Waals surface area contributed by atoms with Gasteiger partial charge in [0.2, 0.25) is 5.91 Å². The minimum atomic E-state index is -0.277. The van der Waals surface area contributed by atoms with Gasteiger partial charge in [-0.25, -0.2) is 9.37 Å². The number of anilines is 1. The Bertz CT molecular complexity index is 894. The van der Waals surface area contributed by atoms with Gasteiger partial charge in [0.1, 0.15) is 18.2 Å². The third-order valence-corrected chi connectivity index (χ3v) is 4.51. The lowest BCUT2D eigenvalue weighted by molar-refractivity contribution is -0.117. The van der Waals surface area contributed by atoms with Crippen LogP contribution >= 0.6 is 0 Å². The number of ether oxygens (including phenoxy) is 1. The monoisotopic (exact) mass is 351 g/mol. The van der Waals surface area contributed by atoms with Gasteiger partial charge in [0.05, 0.1) is 12.0 Å². The van der Waals surface area contributed by atoms with Crippen LogP contribution in [0, 0.1) is 5.82 Å². The van der Waals surface area contributed by atoms with Gasteiger partial charge in [-0.1, -0.05) is 12.1 Å². The summed E-state index contributed by atoms with van der Waals surface area (Å²) in [6.45, 7) is 0.911. The number of nitrogens with one attached hydrogen (secondary N) is 1. The number of carbonyl (C=O) groups excluding carboxylic acids is 1. The zero-order valence-corrected chi connectivity index (χ0v) is 14.1. The molecule has 26 heavy (non-hydrogen) atoms. The average Bonchev–Trinajstić information content (AvgIpc) is 3.30. The number of amides is 1. The molecule has 1 fully saturated rings. The Morgan fingerprint density at radius 3 is 2.81 bits per heavy atom. The van der Waals surface area contributed by atoms with Gasteiger partial charge >= 0.3 is 0 Å². The van der Waals surface area contributed by atoms with E-state index in [0.717, 1.165) is 16.9 Å². The number of rotatable bonds is 5. The van der Waals surface area contributed by atoms with Crippen molar-refractivity contribution in [2.45, 2.75) is 18.9 Å². The first-order chi connectivity index (χ1) is 12.7. The van der Waals surface area contributed by atoms with E-state index in [2.05, 4.69) is 9.97 Å². The average molecular weight is 351 g/mol. The van der Waals surface area contributed by atoms with Crippen LogP contribution in [0.2, 0.25) is 0 Å². The number of H-pyrrole nitrogens is 1. The van der Waals surface area contributed by atoms with Crippen LogP contribution in [0.4, 0.5) is 10.1 Å². The normalized spacial score (nSPS) is 16.9. The molecule has 1 aliphatic heterocycles. The molecular weight excluding hydrogens is 333 g/mol. The number of carbonyl (C=O) groups is 1. The van der Waals surface area contributed by atoms with E-state index < -0.39 is 0 Å². The van der Waals surface area contributed by atoms with Crippen molar-refractivity contribution < 1.29 is 13.9 Å². The Hall–Kier alpha value is -3.15. The second-order valence-electron chi connectivity index (χ2n) is 6.31. The number of nitrogens with zero attached hydrogens (tertiary/aromatic N) is 2. The molecule has 0 radical (unpaired) electrons. The molecule has 2 aromatic carbocycles. The maximum absolute atomic E-state index is 13.2.